The van der Waals surface area contributed by atoms with E-state index in [-0.39, 0.29) is 31.6 Å². The number of carbonyl (C=O) groups is 4. The molecule has 1 fully saturated rings. The first kappa shape index (κ1) is 27.7. The molecular weight excluding hydrogens is 450 g/mol. The Morgan fingerprint density at radius 2 is 1.45 bits per heavy atom. The lowest BCUT2D eigenvalue weighted by Gasteiger charge is -2.12. The van der Waals surface area contributed by atoms with E-state index in [0.717, 1.165) is 0 Å². The van der Waals surface area contributed by atoms with Crippen molar-refractivity contribution in [3.8, 4) is 0 Å². The van der Waals surface area contributed by atoms with Gasteiger partial charge in [0.25, 0.3) is 11.8 Å². The van der Waals surface area contributed by atoms with Gasteiger partial charge >= 0.3 is 5.97 Å². The van der Waals surface area contributed by atoms with Gasteiger partial charge in [-0.15, -0.1) is 5.06 Å². The van der Waals surface area contributed by atoms with Crippen LogP contribution in [-0.2, 0) is 38.2 Å². The van der Waals surface area contributed by atoms with Gasteiger partial charge in [0.2, 0.25) is 5.91 Å². The summed E-state index contributed by atoms with van der Waals surface area (Å²) in [6.07, 6.45) is 0.517. The molecule has 31 heavy (non-hydrogen) atoms. The molecule has 0 radical (unpaired) electrons. The molecule has 0 aromatic heterocycles. The molecule has 3 amide bonds. The predicted molar refractivity (Wildman–Crippen MR) is 116 cm³/mol. The number of nitrogens with one attached hydrogen (secondary N) is 1. The Labute approximate surface area is 189 Å². The lowest BCUT2D eigenvalue weighted by Crippen LogP contribution is -2.32. The third-order valence-corrected chi connectivity index (χ3v) is 6.07. The van der Waals surface area contributed by atoms with Crippen LogP contribution >= 0.6 is 21.6 Å². The molecule has 3 N–H and O–H groups in total. The molecule has 0 atom stereocenters. The van der Waals surface area contributed by atoms with E-state index in [1.54, 1.807) is 0 Å². The highest BCUT2D eigenvalue weighted by Gasteiger charge is 2.32. The lowest BCUT2D eigenvalue weighted by atomic mass is 10.4. The van der Waals surface area contributed by atoms with Gasteiger partial charge in [0.05, 0.1) is 46.1 Å². The van der Waals surface area contributed by atoms with Crippen molar-refractivity contribution in [2.75, 3.05) is 64.2 Å². The van der Waals surface area contributed by atoms with E-state index in [1.165, 1.54) is 21.6 Å². The summed E-state index contributed by atoms with van der Waals surface area (Å²) in [6, 6.07) is 0. The van der Waals surface area contributed by atoms with Crippen LogP contribution in [0, 0.1) is 0 Å². The zero-order valence-electron chi connectivity index (χ0n) is 17.5. The minimum Gasteiger partial charge on any atom is -0.379 e. The van der Waals surface area contributed by atoms with Crippen molar-refractivity contribution in [3.63, 3.8) is 0 Å². The van der Waals surface area contributed by atoms with Crippen molar-refractivity contribution in [2.45, 2.75) is 25.7 Å². The van der Waals surface area contributed by atoms with Crippen molar-refractivity contribution in [1.82, 2.24) is 10.4 Å². The van der Waals surface area contributed by atoms with Crippen molar-refractivity contribution in [1.29, 1.82) is 0 Å². The van der Waals surface area contributed by atoms with Crippen molar-refractivity contribution in [2.24, 2.45) is 5.73 Å². The smallest absolute Gasteiger partial charge is 0.334 e. The van der Waals surface area contributed by atoms with Crippen LogP contribution in [0.3, 0.4) is 0 Å². The third kappa shape index (κ3) is 14.3. The van der Waals surface area contributed by atoms with Gasteiger partial charge in [-0.2, -0.15) is 0 Å². The monoisotopic (exact) mass is 481 g/mol. The van der Waals surface area contributed by atoms with Crippen LogP contribution < -0.4 is 11.1 Å². The van der Waals surface area contributed by atoms with Gasteiger partial charge in [-0.25, -0.2) is 4.79 Å². The predicted octanol–water partition coefficient (Wildman–Crippen LogP) is -0.120. The number of carbonyl (C=O) groups excluding carboxylic acids is 4. The van der Waals surface area contributed by atoms with Gasteiger partial charge in [-0.3, -0.25) is 14.4 Å². The zero-order valence-corrected chi connectivity index (χ0v) is 19.1. The second-order valence-corrected chi connectivity index (χ2v) is 8.87. The molecule has 0 aliphatic carbocycles. The number of hydroxylamine groups is 2. The largest absolute Gasteiger partial charge is 0.379 e. The number of nitrogens with two attached hydrogens (primary N) is 1. The summed E-state index contributed by atoms with van der Waals surface area (Å²) < 4.78 is 15.8. The number of imide groups is 1. The Balaban J connectivity index is 1.84. The maximum atomic E-state index is 11.7. The van der Waals surface area contributed by atoms with E-state index < -0.39 is 17.8 Å². The third-order valence-electron chi connectivity index (χ3n) is 3.66. The molecule has 0 unspecified atom stereocenters. The number of nitrogens with zero attached hydrogens (tertiary/aromatic N) is 1. The van der Waals surface area contributed by atoms with Crippen LogP contribution in [0.4, 0.5) is 0 Å². The fourth-order valence-electron chi connectivity index (χ4n) is 2.16. The maximum absolute atomic E-state index is 11.7. The lowest BCUT2D eigenvalue weighted by molar-refractivity contribution is -0.197. The van der Waals surface area contributed by atoms with E-state index >= 15 is 0 Å². The first-order valence-corrected chi connectivity index (χ1v) is 12.5. The topological polar surface area (TPSA) is 146 Å². The molecule has 1 aliphatic heterocycles. The summed E-state index contributed by atoms with van der Waals surface area (Å²) in [7, 11) is 2.96. The molecule has 11 nitrogen and oxygen atoms in total. The Morgan fingerprint density at radius 3 is 2.10 bits per heavy atom. The van der Waals surface area contributed by atoms with E-state index in [1.807, 2.05) is 0 Å². The van der Waals surface area contributed by atoms with Gasteiger partial charge in [0, 0.05) is 43.9 Å². The summed E-state index contributed by atoms with van der Waals surface area (Å²) in [4.78, 5) is 50.8. The highest BCUT2D eigenvalue weighted by atomic mass is 33.1. The summed E-state index contributed by atoms with van der Waals surface area (Å²) in [5.41, 5.74) is 5.29. The first-order chi connectivity index (χ1) is 15.0. The zero-order chi connectivity index (χ0) is 22.7. The van der Waals surface area contributed by atoms with Gasteiger partial charge in [0.15, 0.2) is 0 Å². The van der Waals surface area contributed by atoms with Crippen LogP contribution in [0.5, 0.6) is 0 Å². The molecule has 0 spiro atoms. The van der Waals surface area contributed by atoms with Gasteiger partial charge in [0.1, 0.15) is 0 Å². The number of amides is 3. The first-order valence-electron chi connectivity index (χ1n) is 10.1. The van der Waals surface area contributed by atoms with Crippen molar-refractivity contribution >= 4 is 45.3 Å². The summed E-state index contributed by atoms with van der Waals surface area (Å²) in [6.45, 7) is 3.69. The summed E-state index contributed by atoms with van der Waals surface area (Å²) >= 11 is 0. The van der Waals surface area contributed by atoms with Crippen LogP contribution in [-0.4, -0.2) is 93.0 Å². The van der Waals surface area contributed by atoms with E-state index in [2.05, 4.69) is 5.32 Å². The van der Waals surface area contributed by atoms with Crippen LogP contribution in [0.1, 0.15) is 25.7 Å². The number of hydrogen-bond donors (Lipinski definition) is 2. The van der Waals surface area contributed by atoms with Crippen LogP contribution in [0.15, 0.2) is 0 Å². The van der Waals surface area contributed by atoms with Gasteiger partial charge in [-0.05, 0) is 0 Å². The second-order valence-electron chi connectivity index (χ2n) is 6.16. The Kier molecular flexibility index (Phi) is 16.3. The van der Waals surface area contributed by atoms with Crippen LogP contribution in [0.2, 0.25) is 0 Å². The standard InChI is InChI=1S/C18H31N3O8S2/c19-5-8-27-10-12-28-11-9-26-7-3-15(22)20-6-14-31-30-13-4-18(25)29-21-16(23)1-2-17(21)24/h1-14,19H2,(H,20,22). The van der Waals surface area contributed by atoms with Crippen molar-refractivity contribution in [3.05, 3.63) is 0 Å². The Morgan fingerprint density at radius 1 is 0.871 bits per heavy atom. The number of ether oxygens (including phenoxy) is 3. The number of hydrogen-bond acceptors (Lipinski definition) is 11. The van der Waals surface area contributed by atoms with Gasteiger partial charge < -0.3 is 30.1 Å². The SMILES string of the molecule is NCCOCCOCCOCCC(=O)NCCSSCCC(=O)ON1C(=O)CCC1=O. The minimum absolute atomic E-state index is 0.0782. The van der Waals surface area contributed by atoms with Crippen LogP contribution in [0.25, 0.3) is 0 Å². The molecule has 13 heteroatoms. The summed E-state index contributed by atoms with van der Waals surface area (Å²) in [5, 5.41) is 3.33. The molecule has 0 saturated carbocycles. The maximum Gasteiger partial charge on any atom is 0.334 e. The van der Waals surface area contributed by atoms with Crippen molar-refractivity contribution < 1.29 is 38.2 Å². The molecule has 0 aromatic carbocycles. The molecule has 1 rings (SSSR count). The van der Waals surface area contributed by atoms with E-state index in [0.29, 0.717) is 69.3 Å². The quantitative estimate of drug-likeness (QED) is 0.145. The highest BCUT2D eigenvalue weighted by Crippen LogP contribution is 2.21. The average molecular weight is 482 g/mol. The average Bonchev–Trinajstić information content (AvgIpc) is 3.06. The number of rotatable bonds is 19. The highest BCUT2D eigenvalue weighted by molar-refractivity contribution is 8.76. The van der Waals surface area contributed by atoms with Gasteiger partial charge in [-0.1, -0.05) is 21.6 Å². The fraction of sp³-hybridized carbons (Fsp3) is 0.778. The summed E-state index contributed by atoms with van der Waals surface area (Å²) in [5.74, 6) is -0.531. The second kappa shape index (κ2) is 18.2. The Hall–Kier alpha value is -1.38. The minimum atomic E-state index is -0.615. The van der Waals surface area contributed by atoms with E-state index in [4.69, 9.17) is 24.8 Å². The molecule has 1 saturated heterocycles. The molecule has 0 bridgehead atoms. The normalized spacial score (nSPS) is 13.6. The molecular formula is C18H31N3O8S2. The molecule has 0 aromatic rings. The molecule has 1 heterocycles. The Bertz CT molecular complexity index is 552. The molecule has 178 valence electrons. The molecule has 1 aliphatic rings. The fourth-order valence-corrected chi connectivity index (χ4v) is 4.04. The van der Waals surface area contributed by atoms with E-state index in [9.17, 15) is 19.2 Å².